The first-order chi connectivity index (χ1) is 45.1. The quantitative estimate of drug-likeness (QED) is 0.0507. The first kappa shape index (κ1) is 61.6. The summed E-state index contributed by atoms with van der Waals surface area (Å²) in [7, 11) is 0. The van der Waals surface area contributed by atoms with E-state index in [9.17, 15) is 19.2 Å². The Kier molecular flexibility index (Phi) is 18.6. The molecule has 7 aromatic heterocycles. The van der Waals surface area contributed by atoms with Crippen LogP contribution in [-0.4, -0.2) is 57.9 Å². The molecule has 0 aliphatic rings. The second-order valence-corrected chi connectivity index (χ2v) is 21.2. The van der Waals surface area contributed by atoms with Crippen molar-refractivity contribution in [2.75, 3.05) is 0 Å². The third kappa shape index (κ3) is 13.8. The minimum atomic E-state index is -0.592. The van der Waals surface area contributed by atoms with Gasteiger partial charge in [0.1, 0.15) is 11.5 Å². The van der Waals surface area contributed by atoms with Gasteiger partial charge in [-0.05, 0) is 107 Å². The predicted molar refractivity (Wildman–Crippen MR) is 353 cm³/mol. The molecular weight excluding hydrogens is 1340 g/mol. The average molecular weight is 1400 g/mol. The Morgan fingerprint density at radius 1 is 0.387 bits per heavy atom. The van der Waals surface area contributed by atoms with E-state index < -0.39 is 11.9 Å². The summed E-state index contributed by atoms with van der Waals surface area (Å²) in [6.07, 6.45) is 10.9. The maximum atomic E-state index is 13.1. The van der Waals surface area contributed by atoms with Crippen molar-refractivity contribution in [1.29, 1.82) is 0 Å². The van der Waals surface area contributed by atoms with E-state index >= 15 is 0 Å². The number of aromatic nitrogens is 7. The fraction of sp³-hybridized carbons (Fsp3) is 0.0779. The number of benzene rings is 7. The van der Waals surface area contributed by atoms with E-state index in [1.165, 1.54) is 0 Å². The zero-order chi connectivity index (χ0) is 62.9. The summed E-state index contributed by atoms with van der Waals surface area (Å²) in [4.78, 5) is 71.8. The SMILES string of the molecule is CCC(=O)Oc1c[c-]c(-c2cccc(-c3[c-]cc(OC(=O)CCC(=O)Oc4ccc5c(c4)c4cnccc4n5-c4ccc(-c5ccc(-n6c7ccncc7c7cc(OC(=O)CC)ccc76)cc5)cc4)cc3)n2)cc1.[Ir+3].[c-]1c(-c2ccccn2)cccc1-c1ccccn1. The molecule has 0 amide bonds. The molecule has 7 heterocycles. The van der Waals surface area contributed by atoms with E-state index in [2.05, 4.69) is 95.8 Å². The fourth-order valence-corrected chi connectivity index (χ4v) is 10.8. The molecule has 14 aromatic rings. The van der Waals surface area contributed by atoms with Crippen molar-refractivity contribution in [3.05, 3.63) is 262 Å². The second kappa shape index (κ2) is 28.1. The van der Waals surface area contributed by atoms with Gasteiger partial charge in [0, 0.05) is 106 Å². The summed E-state index contributed by atoms with van der Waals surface area (Å²) >= 11 is 0. The summed E-state index contributed by atoms with van der Waals surface area (Å²) in [5.74, 6) is -0.250. The number of nitrogens with zero attached hydrogens (tertiary/aromatic N) is 7. The topological polar surface area (TPSA) is 180 Å². The van der Waals surface area contributed by atoms with Crippen molar-refractivity contribution in [2.24, 2.45) is 0 Å². The number of carbonyl (C=O) groups is 4. The molecule has 0 unspecified atom stereocenters. The number of rotatable bonds is 16. The van der Waals surface area contributed by atoms with Gasteiger partial charge in [0.2, 0.25) is 0 Å². The molecule has 93 heavy (non-hydrogen) atoms. The molecule has 0 spiro atoms. The van der Waals surface area contributed by atoms with Crippen molar-refractivity contribution in [3.8, 4) is 90.5 Å². The minimum absolute atomic E-state index is 0. The summed E-state index contributed by atoms with van der Waals surface area (Å²) < 4.78 is 26.4. The number of carbonyl (C=O) groups excluding carboxylic acids is 4. The molecule has 15 nitrogen and oxygen atoms in total. The van der Waals surface area contributed by atoms with Gasteiger partial charge in [-0.15, -0.1) is 83.9 Å². The van der Waals surface area contributed by atoms with Gasteiger partial charge in [-0.25, -0.2) is 0 Å². The van der Waals surface area contributed by atoms with Gasteiger partial charge >= 0.3 is 44.0 Å². The summed E-state index contributed by atoms with van der Waals surface area (Å²) in [6.45, 7) is 3.50. The smallest absolute Gasteiger partial charge is 0.475 e. The van der Waals surface area contributed by atoms with Crippen LogP contribution in [0.25, 0.3) is 111 Å². The van der Waals surface area contributed by atoms with Gasteiger partial charge in [0.15, 0.2) is 0 Å². The van der Waals surface area contributed by atoms with Gasteiger partial charge < -0.3 is 33.1 Å². The molecule has 454 valence electrons. The van der Waals surface area contributed by atoms with Crippen LogP contribution in [0.15, 0.2) is 243 Å². The summed E-state index contributed by atoms with van der Waals surface area (Å²) in [5.41, 5.74) is 14.4. The summed E-state index contributed by atoms with van der Waals surface area (Å²) in [5, 5.41) is 3.64. The van der Waals surface area contributed by atoms with Crippen LogP contribution in [0.2, 0.25) is 0 Å². The van der Waals surface area contributed by atoms with Crippen LogP contribution in [0.4, 0.5) is 0 Å². The fourth-order valence-electron chi connectivity index (χ4n) is 10.8. The Balaban J connectivity index is 0.000000375. The second-order valence-electron chi connectivity index (χ2n) is 21.2. The predicted octanol–water partition coefficient (Wildman–Crippen LogP) is 16.2. The first-order valence-electron chi connectivity index (χ1n) is 29.8. The molecule has 0 bridgehead atoms. The molecule has 14 rings (SSSR count). The Bertz CT molecular complexity index is 4970. The third-order valence-electron chi connectivity index (χ3n) is 15.2. The molecule has 0 aliphatic heterocycles. The van der Waals surface area contributed by atoms with E-state index in [4.69, 9.17) is 23.9 Å². The van der Waals surface area contributed by atoms with E-state index in [0.717, 1.165) is 94.2 Å². The molecule has 0 atom stereocenters. The van der Waals surface area contributed by atoms with E-state index in [1.807, 2.05) is 121 Å². The van der Waals surface area contributed by atoms with Crippen molar-refractivity contribution in [2.45, 2.75) is 39.5 Å². The maximum Gasteiger partial charge on any atom is 3.00 e. The van der Waals surface area contributed by atoms with Gasteiger partial charge in [-0.2, -0.15) is 0 Å². The van der Waals surface area contributed by atoms with Crippen LogP contribution < -0.4 is 18.9 Å². The Morgan fingerprint density at radius 2 is 0.796 bits per heavy atom. The van der Waals surface area contributed by atoms with E-state index in [0.29, 0.717) is 40.6 Å². The maximum absolute atomic E-state index is 13.1. The zero-order valence-electron chi connectivity index (χ0n) is 50.2. The normalized spacial score (nSPS) is 10.9. The number of fused-ring (bicyclic) bond motifs is 6. The van der Waals surface area contributed by atoms with Crippen molar-refractivity contribution in [1.82, 2.24) is 34.1 Å². The van der Waals surface area contributed by atoms with Gasteiger partial charge in [-0.3, -0.25) is 39.1 Å². The monoisotopic (exact) mass is 1400 g/mol. The minimum Gasteiger partial charge on any atom is -0.475 e. The van der Waals surface area contributed by atoms with E-state index in [-0.39, 0.29) is 57.1 Å². The number of esters is 4. The molecule has 0 saturated carbocycles. The van der Waals surface area contributed by atoms with Crippen LogP contribution in [0.5, 0.6) is 23.0 Å². The molecule has 7 aromatic carbocycles. The molecule has 0 radical (unpaired) electrons. The number of hydrogen-bond donors (Lipinski definition) is 0. The average Bonchev–Trinajstić information content (AvgIpc) is 1.62. The van der Waals surface area contributed by atoms with Crippen molar-refractivity contribution in [3.63, 3.8) is 0 Å². The number of pyridine rings is 5. The van der Waals surface area contributed by atoms with Gasteiger partial charge in [0.25, 0.3) is 0 Å². The number of hydrogen-bond acceptors (Lipinski definition) is 13. The van der Waals surface area contributed by atoms with Crippen LogP contribution in [0, 0.1) is 18.2 Å². The molecule has 16 heteroatoms. The Hall–Kier alpha value is -11.6. The Labute approximate surface area is 548 Å². The van der Waals surface area contributed by atoms with Crippen molar-refractivity contribution < 1.29 is 58.2 Å². The zero-order valence-corrected chi connectivity index (χ0v) is 52.5. The van der Waals surface area contributed by atoms with Crippen molar-refractivity contribution >= 4 is 67.5 Å². The number of ether oxygens (including phenoxy) is 4. The first-order valence-corrected chi connectivity index (χ1v) is 29.8. The molecular formula is C77H54IrN7O8. The molecule has 0 aliphatic carbocycles. The van der Waals surface area contributed by atoms with Gasteiger partial charge in [0.05, 0.1) is 34.9 Å². The van der Waals surface area contributed by atoms with Crippen LogP contribution in [-0.2, 0) is 39.3 Å². The Morgan fingerprint density at radius 3 is 1.23 bits per heavy atom. The van der Waals surface area contributed by atoms with Crippen LogP contribution in [0.3, 0.4) is 0 Å². The summed E-state index contributed by atoms with van der Waals surface area (Å²) in [6, 6.07) is 74.8. The van der Waals surface area contributed by atoms with Crippen LogP contribution >= 0.6 is 0 Å². The van der Waals surface area contributed by atoms with Crippen LogP contribution in [0.1, 0.15) is 39.5 Å². The van der Waals surface area contributed by atoms with Gasteiger partial charge in [-0.1, -0.05) is 91.7 Å². The van der Waals surface area contributed by atoms with E-state index in [1.54, 1.807) is 87.3 Å². The molecule has 0 fully saturated rings. The standard InChI is InChI=1S/C61H43N5O8.C16H11N2.Ir/c1-3-58(67)71-44-20-12-40(13-21-44)52-6-5-7-53(64-52)41-14-22-45(23-15-41)72-60(69)28-29-61(70)74-47-25-27-55-49(35-47)51-37-63-33-31-57(51)66(55)43-18-10-39(11-19-43)38-8-16-42(17-9-38)65-54-26-24-46(73-59(68)4-2)34-48(54)50-36-62-32-30-56(50)65;1-3-10-17-15(8-1)13-6-5-7-14(12-13)16-9-2-4-11-18-16;/h5-12,14,16-27,30-37H,3-4,28-29H2,1-2H3;1-11H;/q-2;-1;+3. The largest absolute Gasteiger partial charge is 3.00 e. The molecule has 0 saturated heterocycles. The molecule has 0 N–H and O–H groups in total. The third-order valence-corrected chi connectivity index (χ3v) is 15.2.